The summed E-state index contributed by atoms with van der Waals surface area (Å²) in [6.45, 7) is 1.76. The second-order valence-corrected chi connectivity index (χ2v) is 3.36. The van der Waals surface area contributed by atoms with Gasteiger partial charge in [-0.25, -0.2) is 0 Å². The van der Waals surface area contributed by atoms with Crippen LogP contribution in [0.1, 0.15) is 25.7 Å². The smallest absolute Gasteiger partial charge is 0.234 e. The average molecular weight is 181 g/mol. The summed E-state index contributed by atoms with van der Waals surface area (Å²) in [6.07, 6.45) is 3.31. The van der Waals surface area contributed by atoms with Gasteiger partial charge in [0.15, 0.2) is 0 Å². The van der Waals surface area contributed by atoms with Crippen molar-refractivity contribution < 1.29 is 4.79 Å². The number of hydrogen-bond acceptors (Lipinski definition) is 3. The number of unbranched alkanes of at least 4 members (excludes halogenated alkanes) is 1. The van der Waals surface area contributed by atoms with Crippen molar-refractivity contribution in [2.45, 2.75) is 31.7 Å². The molecule has 1 amide bonds. The fourth-order valence-electron chi connectivity index (χ4n) is 1.78. The van der Waals surface area contributed by atoms with E-state index in [1.807, 2.05) is 0 Å². The highest BCUT2D eigenvalue weighted by atomic mass is 16.1. The molecule has 0 aromatic carbocycles. The normalized spacial score (nSPS) is 22.8. The first-order chi connectivity index (χ1) is 6.25. The molecule has 1 heterocycles. The molecule has 0 aromatic rings. The lowest BCUT2D eigenvalue weighted by Gasteiger charge is -2.20. The molecule has 2 N–H and O–H groups in total. The van der Waals surface area contributed by atoms with Crippen molar-refractivity contribution in [2.75, 3.05) is 13.1 Å². The predicted octanol–water partition coefficient (Wildman–Crippen LogP) is 0.240. The first kappa shape index (κ1) is 10.0. The fourth-order valence-corrected chi connectivity index (χ4v) is 1.78. The van der Waals surface area contributed by atoms with Crippen LogP contribution < -0.4 is 5.73 Å². The van der Waals surface area contributed by atoms with Gasteiger partial charge in [-0.2, -0.15) is 5.26 Å². The van der Waals surface area contributed by atoms with Gasteiger partial charge in [0.05, 0.1) is 12.1 Å². The number of likely N-dealkylation sites (tertiary alicyclic amines) is 1. The molecule has 0 spiro atoms. The Bertz CT molecular complexity index is 221. The van der Waals surface area contributed by atoms with E-state index in [1.165, 1.54) is 0 Å². The van der Waals surface area contributed by atoms with Crippen LogP contribution in [0.5, 0.6) is 0 Å². The third kappa shape index (κ3) is 2.71. The van der Waals surface area contributed by atoms with Gasteiger partial charge < -0.3 is 5.73 Å². The fraction of sp³-hybridized carbons (Fsp3) is 0.778. The van der Waals surface area contributed by atoms with Crippen molar-refractivity contribution in [3.63, 3.8) is 0 Å². The summed E-state index contributed by atoms with van der Waals surface area (Å²) in [4.78, 5) is 13.0. The topological polar surface area (TPSA) is 70.1 Å². The maximum atomic E-state index is 11.0. The molecule has 1 aliphatic rings. The van der Waals surface area contributed by atoms with Gasteiger partial charge in [-0.05, 0) is 32.4 Å². The molecule has 1 atom stereocenters. The molecule has 1 unspecified atom stereocenters. The van der Waals surface area contributed by atoms with Crippen molar-refractivity contribution in [2.24, 2.45) is 5.73 Å². The Morgan fingerprint density at radius 2 is 2.46 bits per heavy atom. The minimum Gasteiger partial charge on any atom is -0.368 e. The van der Waals surface area contributed by atoms with Crippen LogP contribution in [0.25, 0.3) is 0 Å². The SMILES string of the molecule is N#CCCCN1CCCC1C(N)=O. The molecule has 4 nitrogen and oxygen atoms in total. The quantitative estimate of drug-likeness (QED) is 0.631. The molecule has 13 heavy (non-hydrogen) atoms. The Hall–Kier alpha value is -1.08. The van der Waals surface area contributed by atoms with Crippen LogP contribution in [0, 0.1) is 11.3 Å². The molecule has 1 saturated heterocycles. The van der Waals surface area contributed by atoms with Crippen LogP contribution in [-0.2, 0) is 4.79 Å². The third-order valence-electron chi connectivity index (χ3n) is 2.43. The van der Waals surface area contributed by atoms with E-state index in [2.05, 4.69) is 11.0 Å². The van der Waals surface area contributed by atoms with Gasteiger partial charge in [-0.15, -0.1) is 0 Å². The molecule has 0 radical (unpaired) electrons. The number of nitrogens with zero attached hydrogens (tertiary/aromatic N) is 2. The maximum absolute atomic E-state index is 11.0. The summed E-state index contributed by atoms with van der Waals surface area (Å²) in [5.74, 6) is -0.227. The molecule has 1 fully saturated rings. The minimum atomic E-state index is -0.227. The van der Waals surface area contributed by atoms with Gasteiger partial charge in [0.1, 0.15) is 0 Å². The summed E-state index contributed by atoms with van der Waals surface area (Å²) in [5, 5.41) is 8.36. The Balaban J connectivity index is 2.32. The van der Waals surface area contributed by atoms with Crippen molar-refractivity contribution in [1.29, 1.82) is 5.26 Å². The number of carbonyl (C=O) groups is 1. The molecule has 0 saturated carbocycles. The Kier molecular flexibility index (Phi) is 3.71. The minimum absolute atomic E-state index is 0.0845. The van der Waals surface area contributed by atoms with E-state index < -0.39 is 0 Å². The van der Waals surface area contributed by atoms with E-state index in [0.717, 1.165) is 32.4 Å². The zero-order valence-electron chi connectivity index (χ0n) is 7.70. The lowest BCUT2D eigenvalue weighted by atomic mass is 10.2. The highest BCUT2D eigenvalue weighted by molar-refractivity contribution is 5.80. The summed E-state index contributed by atoms with van der Waals surface area (Å²) in [7, 11) is 0. The van der Waals surface area contributed by atoms with Gasteiger partial charge in [0, 0.05) is 6.42 Å². The monoisotopic (exact) mass is 181 g/mol. The molecule has 1 rings (SSSR count). The van der Waals surface area contributed by atoms with E-state index >= 15 is 0 Å². The van der Waals surface area contributed by atoms with E-state index in [-0.39, 0.29) is 11.9 Å². The number of carbonyl (C=O) groups excluding carboxylic acids is 1. The second-order valence-electron chi connectivity index (χ2n) is 3.36. The number of nitriles is 1. The van der Waals surface area contributed by atoms with E-state index in [4.69, 9.17) is 11.0 Å². The molecule has 72 valence electrons. The van der Waals surface area contributed by atoms with Crippen LogP contribution in [0.15, 0.2) is 0 Å². The summed E-state index contributed by atoms with van der Waals surface area (Å²) in [5.41, 5.74) is 5.25. The van der Waals surface area contributed by atoms with Crippen molar-refractivity contribution in [3.8, 4) is 6.07 Å². The lowest BCUT2D eigenvalue weighted by Crippen LogP contribution is -2.40. The molecular formula is C9H15N3O. The molecule has 0 aromatic heterocycles. The highest BCUT2D eigenvalue weighted by Crippen LogP contribution is 2.16. The first-order valence-electron chi connectivity index (χ1n) is 4.66. The van der Waals surface area contributed by atoms with E-state index in [1.54, 1.807) is 0 Å². The Morgan fingerprint density at radius 3 is 3.08 bits per heavy atom. The summed E-state index contributed by atoms with van der Waals surface area (Å²) < 4.78 is 0. The van der Waals surface area contributed by atoms with E-state index in [0.29, 0.717) is 6.42 Å². The standard InChI is InChI=1S/C9H15N3O/c10-5-1-2-6-12-7-3-4-8(12)9(11)13/h8H,1-4,6-7H2,(H2,11,13). The van der Waals surface area contributed by atoms with Crippen molar-refractivity contribution in [3.05, 3.63) is 0 Å². The number of primary amides is 1. The van der Waals surface area contributed by atoms with E-state index in [9.17, 15) is 4.79 Å². The molecule has 0 bridgehead atoms. The summed E-state index contributed by atoms with van der Waals surface area (Å²) in [6, 6.07) is 2.01. The third-order valence-corrected chi connectivity index (χ3v) is 2.43. The number of amides is 1. The number of rotatable bonds is 4. The van der Waals surface area contributed by atoms with Gasteiger partial charge in [-0.3, -0.25) is 9.69 Å². The molecule has 0 aliphatic carbocycles. The van der Waals surface area contributed by atoms with Gasteiger partial charge >= 0.3 is 0 Å². The molecule has 1 aliphatic heterocycles. The molecule has 4 heteroatoms. The van der Waals surface area contributed by atoms with Gasteiger partial charge in [-0.1, -0.05) is 0 Å². The van der Waals surface area contributed by atoms with Crippen LogP contribution in [0.3, 0.4) is 0 Å². The van der Waals surface area contributed by atoms with Crippen LogP contribution in [-0.4, -0.2) is 29.9 Å². The zero-order valence-corrected chi connectivity index (χ0v) is 7.70. The van der Waals surface area contributed by atoms with Crippen molar-refractivity contribution >= 4 is 5.91 Å². The van der Waals surface area contributed by atoms with Crippen LogP contribution in [0.2, 0.25) is 0 Å². The van der Waals surface area contributed by atoms with Crippen molar-refractivity contribution in [1.82, 2.24) is 4.90 Å². The lowest BCUT2D eigenvalue weighted by molar-refractivity contribution is -0.122. The Morgan fingerprint density at radius 1 is 1.69 bits per heavy atom. The molecular weight excluding hydrogens is 166 g/mol. The van der Waals surface area contributed by atoms with Crippen LogP contribution >= 0.6 is 0 Å². The maximum Gasteiger partial charge on any atom is 0.234 e. The second kappa shape index (κ2) is 4.83. The highest BCUT2D eigenvalue weighted by Gasteiger charge is 2.27. The summed E-state index contributed by atoms with van der Waals surface area (Å²) >= 11 is 0. The first-order valence-corrected chi connectivity index (χ1v) is 4.66. The zero-order chi connectivity index (χ0) is 9.68. The Labute approximate surface area is 78.3 Å². The van der Waals surface area contributed by atoms with Gasteiger partial charge in [0.2, 0.25) is 5.91 Å². The number of nitrogens with two attached hydrogens (primary N) is 1. The average Bonchev–Trinajstić information content (AvgIpc) is 2.53. The largest absolute Gasteiger partial charge is 0.368 e. The van der Waals surface area contributed by atoms with Crippen LogP contribution in [0.4, 0.5) is 0 Å². The number of hydrogen-bond donors (Lipinski definition) is 1. The van der Waals surface area contributed by atoms with Gasteiger partial charge in [0.25, 0.3) is 0 Å². The predicted molar refractivity (Wildman–Crippen MR) is 48.6 cm³/mol.